The first-order chi connectivity index (χ1) is 8.63. The lowest BCUT2D eigenvalue weighted by molar-refractivity contribution is 0.0692. The maximum atomic E-state index is 11.1. The molecule has 0 aromatic heterocycles. The number of fused-ring (bicyclic) bond motifs is 1. The van der Waals surface area contributed by atoms with Crippen LogP contribution in [0.2, 0.25) is 0 Å². The minimum atomic E-state index is -0.964. The quantitative estimate of drug-likeness (QED) is 0.881. The zero-order valence-electron chi connectivity index (χ0n) is 10.5. The molecule has 1 unspecified atom stereocenters. The zero-order chi connectivity index (χ0) is 13.1. The summed E-state index contributed by atoms with van der Waals surface area (Å²) in [6, 6.07) is 5.18. The van der Waals surface area contributed by atoms with Crippen molar-refractivity contribution in [2.45, 2.75) is 13.0 Å². The Hall–Kier alpha value is -1.75. The van der Waals surface area contributed by atoms with Crippen LogP contribution in [0.4, 0.5) is 5.69 Å². The highest BCUT2D eigenvalue weighted by Crippen LogP contribution is 2.35. The van der Waals surface area contributed by atoms with Crippen molar-refractivity contribution in [3.05, 3.63) is 23.8 Å². The van der Waals surface area contributed by atoms with Crippen LogP contribution >= 0.6 is 0 Å². The predicted octanol–water partition coefficient (Wildman–Crippen LogP) is 1.62. The van der Waals surface area contributed by atoms with Gasteiger partial charge >= 0.3 is 5.97 Å². The summed E-state index contributed by atoms with van der Waals surface area (Å²) in [5, 5.41) is 9.13. The molecule has 5 nitrogen and oxygen atoms in total. The third-order valence-electron chi connectivity index (χ3n) is 3.05. The molecule has 1 aliphatic heterocycles. The average Bonchev–Trinajstić information content (AvgIpc) is 2.38. The Bertz CT molecular complexity index is 447. The van der Waals surface area contributed by atoms with E-state index < -0.39 is 5.97 Å². The normalized spacial score (nSPS) is 15.8. The molecule has 0 radical (unpaired) electrons. The largest absolute Gasteiger partial charge is 0.489 e. The van der Waals surface area contributed by atoms with Crippen molar-refractivity contribution < 1.29 is 19.4 Å². The van der Waals surface area contributed by atoms with E-state index in [9.17, 15) is 4.79 Å². The first kappa shape index (κ1) is 12.7. The van der Waals surface area contributed by atoms with Crippen LogP contribution in [0.1, 0.15) is 17.3 Å². The van der Waals surface area contributed by atoms with E-state index >= 15 is 0 Å². The molecule has 98 valence electrons. The van der Waals surface area contributed by atoms with E-state index in [4.69, 9.17) is 14.6 Å². The third-order valence-corrected chi connectivity index (χ3v) is 3.05. The van der Waals surface area contributed by atoms with Crippen LogP contribution in [0, 0.1) is 0 Å². The molecular weight excluding hydrogens is 234 g/mol. The standard InChI is InChI=1S/C13H17NO4/c1-9(17-2)8-14-6-7-18-12-10(13(15)16)4-3-5-11(12)14/h3-5,9H,6-8H2,1-2H3,(H,15,16). The molecule has 18 heavy (non-hydrogen) atoms. The Kier molecular flexibility index (Phi) is 3.72. The number of carboxylic acid groups (broad SMARTS) is 1. The molecule has 1 atom stereocenters. The van der Waals surface area contributed by atoms with Gasteiger partial charge in [0.2, 0.25) is 0 Å². The molecule has 0 spiro atoms. The predicted molar refractivity (Wildman–Crippen MR) is 67.6 cm³/mol. The molecule has 0 aliphatic carbocycles. The van der Waals surface area contributed by atoms with Gasteiger partial charge in [-0.05, 0) is 19.1 Å². The van der Waals surface area contributed by atoms with Crippen molar-refractivity contribution in [1.29, 1.82) is 0 Å². The van der Waals surface area contributed by atoms with E-state index in [2.05, 4.69) is 4.90 Å². The summed E-state index contributed by atoms with van der Waals surface area (Å²) < 4.78 is 10.7. The third kappa shape index (κ3) is 2.41. The van der Waals surface area contributed by atoms with Gasteiger partial charge < -0.3 is 19.5 Å². The van der Waals surface area contributed by atoms with Gasteiger partial charge in [-0.25, -0.2) is 4.79 Å². The molecular formula is C13H17NO4. The summed E-state index contributed by atoms with van der Waals surface area (Å²) in [7, 11) is 1.67. The summed E-state index contributed by atoms with van der Waals surface area (Å²) in [6.45, 7) is 3.93. The van der Waals surface area contributed by atoms with Crippen molar-refractivity contribution in [2.75, 3.05) is 31.7 Å². The second-order valence-corrected chi connectivity index (χ2v) is 4.30. The fraction of sp³-hybridized carbons (Fsp3) is 0.462. The molecule has 2 rings (SSSR count). The SMILES string of the molecule is COC(C)CN1CCOc2c(C(=O)O)cccc21. The van der Waals surface area contributed by atoms with Crippen LogP contribution in [0.3, 0.4) is 0 Å². The van der Waals surface area contributed by atoms with E-state index in [1.807, 2.05) is 13.0 Å². The lowest BCUT2D eigenvalue weighted by Gasteiger charge is -2.33. The second kappa shape index (κ2) is 5.27. The highest BCUT2D eigenvalue weighted by Gasteiger charge is 2.24. The summed E-state index contributed by atoms with van der Waals surface area (Å²) in [6.07, 6.45) is 0.0874. The fourth-order valence-electron chi connectivity index (χ4n) is 2.05. The molecule has 0 saturated heterocycles. The number of aromatic carboxylic acids is 1. The molecule has 1 aromatic rings. The van der Waals surface area contributed by atoms with Gasteiger partial charge in [-0.15, -0.1) is 0 Å². The molecule has 0 fully saturated rings. The number of rotatable bonds is 4. The van der Waals surface area contributed by atoms with Crippen LogP contribution in [0.25, 0.3) is 0 Å². The molecule has 1 aromatic carbocycles. The Morgan fingerprint density at radius 2 is 2.39 bits per heavy atom. The van der Waals surface area contributed by atoms with Gasteiger partial charge in [0, 0.05) is 13.7 Å². The van der Waals surface area contributed by atoms with E-state index in [0.29, 0.717) is 12.4 Å². The lowest BCUT2D eigenvalue weighted by Crippen LogP contribution is -2.38. The van der Waals surface area contributed by atoms with Crippen LogP contribution in [-0.4, -0.2) is 44.0 Å². The Labute approximate surface area is 106 Å². The average molecular weight is 251 g/mol. The maximum absolute atomic E-state index is 11.1. The summed E-state index contributed by atoms with van der Waals surface area (Å²) in [5.41, 5.74) is 1.03. The van der Waals surface area contributed by atoms with E-state index in [-0.39, 0.29) is 11.7 Å². The number of ether oxygens (including phenoxy) is 2. The Morgan fingerprint density at radius 1 is 1.61 bits per heavy atom. The molecule has 1 aliphatic rings. The van der Waals surface area contributed by atoms with Crippen LogP contribution < -0.4 is 9.64 Å². The number of carboxylic acids is 1. The molecule has 1 N–H and O–H groups in total. The number of nitrogens with zero attached hydrogens (tertiary/aromatic N) is 1. The second-order valence-electron chi connectivity index (χ2n) is 4.30. The smallest absolute Gasteiger partial charge is 0.339 e. The molecule has 0 bridgehead atoms. The summed E-state index contributed by atoms with van der Waals surface area (Å²) >= 11 is 0. The lowest BCUT2D eigenvalue weighted by atomic mass is 10.1. The van der Waals surface area contributed by atoms with Gasteiger partial charge in [-0.2, -0.15) is 0 Å². The highest BCUT2D eigenvalue weighted by molar-refractivity contribution is 5.93. The zero-order valence-corrected chi connectivity index (χ0v) is 10.5. The number of hydrogen-bond acceptors (Lipinski definition) is 4. The van der Waals surface area contributed by atoms with Gasteiger partial charge in [-0.1, -0.05) is 6.07 Å². The number of carbonyl (C=O) groups is 1. The summed E-state index contributed by atoms with van der Waals surface area (Å²) in [5.74, 6) is -0.506. The van der Waals surface area contributed by atoms with Crippen LogP contribution in [0.15, 0.2) is 18.2 Å². The molecule has 0 saturated carbocycles. The van der Waals surface area contributed by atoms with Gasteiger partial charge in [0.25, 0.3) is 0 Å². The van der Waals surface area contributed by atoms with Crippen LogP contribution in [0.5, 0.6) is 5.75 Å². The minimum Gasteiger partial charge on any atom is -0.489 e. The van der Waals surface area contributed by atoms with E-state index in [1.165, 1.54) is 0 Å². The number of para-hydroxylation sites is 1. The monoisotopic (exact) mass is 251 g/mol. The minimum absolute atomic E-state index is 0.0874. The Morgan fingerprint density at radius 3 is 3.06 bits per heavy atom. The van der Waals surface area contributed by atoms with Gasteiger partial charge in [0.1, 0.15) is 12.2 Å². The van der Waals surface area contributed by atoms with Gasteiger partial charge in [0.15, 0.2) is 5.75 Å². The number of anilines is 1. The number of methoxy groups -OCH3 is 1. The van der Waals surface area contributed by atoms with Crippen molar-refractivity contribution in [1.82, 2.24) is 0 Å². The van der Waals surface area contributed by atoms with Gasteiger partial charge in [-0.3, -0.25) is 0 Å². The number of hydrogen-bond donors (Lipinski definition) is 1. The van der Waals surface area contributed by atoms with Crippen molar-refractivity contribution in [3.63, 3.8) is 0 Å². The molecule has 5 heteroatoms. The number of benzene rings is 1. The first-order valence-electron chi connectivity index (χ1n) is 5.90. The van der Waals surface area contributed by atoms with Gasteiger partial charge in [0.05, 0.1) is 18.3 Å². The highest BCUT2D eigenvalue weighted by atomic mass is 16.5. The molecule has 1 heterocycles. The van der Waals surface area contributed by atoms with E-state index in [1.54, 1.807) is 19.2 Å². The van der Waals surface area contributed by atoms with Crippen molar-refractivity contribution in [3.8, 4) is 5.75 Å². The first-order valence-corrected chi connectivity index (χ1v) is 5.90. The van der Waals surface area contributed by atoms with Crippen LogP contribution in [-0.2, 0) is 4.74 Å². The van der Waals surface area contributed by atoms with Crippen molar-refractivity contribution in [2.24, 2.45) is 0 Å². The maximum Gasteiger partial charge on any atom is 0.339 e. The van der Waals surface area contributed by atoms with Crippen molar-refractivity contribution >= 4 is 11.7 Å². The fourth-order valence-corrected chi connectivity index (χ4v) is 2.05. The topological polar surface area (TPSA) is 59.0 Å². The van der Waals surface area contributed by atoms with E-state index in [0.717, 1.165) is 18.8 Å². The molecule has 0 amide bonds. The Balaban J connectivity index is 2.32. The summed E-state index contributed by atoms with van der Waals surface area (Å²) in [4.78, 5) is 13.2.